The molecular formula is C17H24N6O2. The third-order valence-electron chi connectivity index (χ3n) is 3.83. The first-order chi connectivity index (χ1) is 12.3. The number of morpholine rings is 1. The summed E-state index contributed by atoms with van der Waals surface area (Å²) < 4.78 is 11.0. The van der Waals surface area contributed by atoms with E-state index in [1.54, 1.807) is 6.20 Å². The number of benzene rings is 1. The molecule has 0 atom stereocenters. The highest BCUT2D eigenvalue weighted by Crippen LogP contribution is 2.26. The highest BCUT2D eigenvalue weighted by Gasteiger charge is 2.10. The van der Waals surface area contributed by atoms with Crippen LogP contribution in [-0.2, 0) is 4.74 Å². The first kappa shape index (κ1) is 17.4. The van der Waals surface area contributed by atoms with Crippen LogP contribution in [0, 0.1) is 0 Å². The van der Waals surface area contributed by atoms with Crippen molar-refractivity contribution < 1.29 is 9.47 Å². The van der Waals surface area contributed by atoms with Gasteiger partial charge in [-0.15, -0.1) is 5.10 Å². The molecule has 1 aromatic heterocycles. The van der Waals surface area contributed by atoms with Gasteiger partial charge in [0.2, 0.25) is 5.95 Å². The lowest BCUT2D eigenvalue weighted by Crippen LogP contribution is -2.39. The van der Waals surface area contributed by atoms with Crippen LogP contribution in [-0.4, -0.2) is 66.1 Å². The van der Waals surface area contributed by atoms with Crippen molar-refractivity contribution in [1.82, 2.24) is 20.1 Å². The van der Waals surface area contributed by atoms with Gasteiger partial charge in [0.05, 0.1) is 31.7 Å². The summed E-state index contributed by atoms with van der Waals surface area (Å²) in [7, 11) is 0. The highest BCUT2D eigenvalue weighted by molar-refractivity contribution is 5.62. The Balaban J connectivity index is 1.56. The summed E-state index contributed by atoms with van der Waals surface area (Å²) in [6, 6.07) is 7.69. The highest BCUT2D eigenvalue weighted by atomic mass is 16.5. The fourth-order valence-corrected chi connectivity index (χ4v) is 2.58. The predicted octanol–water partition coefficient (Wildman–Crippen LogP) is 1.76. The minimum Gasteiger partial charge on any atom is -0.492 e. The van der Waals surface area contributed by atoms with E-state index in [1.165, 1.54) is 0 Å². The van der Waals surface area contributed by atoms with Crippen molar-refractivity contribution in [3.05, 3.63) is 30.5 Å². The molecule has 2 heterocycles. The largest absolute Gasteiger partial charge is 0.492 e. The summed E-state index contributed by atoms with van der Waals surface area (Å²) in [5.41, 5.74) is 0.816. The molecule has 8 nitrogen and oxygen atoms in total. The fraction of sp³-hybridized carbons (Fsp3) is 0.471. The van der Waals surface area contributed by atoms with E-state index in [-0.39, 0.29) is 0 Å². The Bertz CT molecular complexity index is 663. The molecule has 134 valence electrons. The molecule has 2 aromatic rings. The molecule has 1 aliphatic rings. The maximum Gasteiger partial charge on any atom is 0.249 e. The molecule has 1 aliphatic heterocycles. The molecule has 0 saturated carbocycles. The molecule has 0 spiro atoms. The number of hydrogen-bond acceptors (Lipinski definition) is 8. The smallest absolute Gasteiger partial charge is 0.249 e. The molecule has 0 unspecified atom stereocenters. The first-order valence-electron chi connectivity index (χ1n) is 8.57. The Kier molecular flexibility index (Phi) is 6.35. The molecule has 0 amide bonds. The van der Waals surface area contributed by atoms with Gasteiger partial charge >= 0.3 is 0 Å². The van der Waals surface area contributed by atoms with Crippen LogP contribution in [0.1, 0.15) is 6.92 Å². The van der Waals surface area contributed by atoms with Crippen LogP contribution in [0.5, 0.6) is 5.75 Å². The molecule has 0 radical (unpaired) electrons. The first-order valence-corrected chi connectivity index (χ1v) is 8.57. The van der Waals surface area contributed by atoms with Crippen molar-refractivity contribution in [3.63, 3.8) is 0 Å². The van der Waals surface area contributed by atoms with Crippen molar-refractivity contribution in [3.8, 4) is 5.75 Å². The molecule has 2 N–H and O–H groups in total. The fourth-order valence-electron chi connectivity index (χ4n) is 2.58. The summed E-state index contributed by atoms with van der Waals surface area (Å²) in [4.78, 5) is 6.82. The van der Waals surface area contributed by atoms with Gasteiger partial charge < -0.3 is 20.1 Å². The Hall–Kier alpha value is -2.45. The van der Waals surface area contributed by atoms with Gasteiger partial charge in [0, 0.05) is 26.2 Å². The predicted molar refractivity (Wildman–Crippen MR) is 96.5 cm³/mol. The maximum atomic E-state index is 5.60. The second kappa shape index (κ2) is 9.14. The molecule has 1 fully saturated rings. The van der Waals surface area contributed by atoms with Gasteiger partial charge in [-0.1, -0.05) is 12.1 Å². The monoisotopic (exact) mass is 344 g/mol. The van der Waals surface area contributed by atoms with Crippen molar-refractivity contribution in [2.75, 3.05) is 56.6 Å². The van der Waals surface area contributed by atoms with Gasteiger partial charge in [-0.05, 0) is 19.1 Å². The SMILES string of the molecule is CCOc1ccccc1Nc1nncc(NCCN2CCOCC2)n1. The molecule has 0 bridgehead atoms. The summed E-state index contributed by atoms with van der Waals surface area (Å²) in [6.07, 6.45) is 1.62. The normalized spacial score (nSPS) is 14.9. The molecular weight excluding hydrogens is 320 g/mol. The number of anilines is 3. The minimum atomic E-state index is 0.434. The number of ether oxygens (including phenoxy) is 2. The van der Waals surface area contributed by atoms with Crippen LogP contribution >= 0.6 is 0 Å². The van der Waals surface area contributed by atoms with Crippen LogP contribution in [0.15, 0.2) is 30.5 Å². The second-order valence-electron chi connectivity index (χ2n) is 5.60. The molecule has 8 heteroatoms. The van der Waals surface area contributed by atoms with Crippen molar-refractivity contribution in [1.29, 1.82) is 0 Å². The second-order valence-corrected chi connectivity index (χ2v) is 5.60. The average Bonchev–Trinajstić information content (AvgIpc) is 2.65. The average molecular weight is 344 g/mol. The van der Waals surface area contributed by atoms with E-state index in [2.05, 4.69) is 30.7 Å². The van der Waals surface area contributed by atoms with E-state index in [1.807, 2.05) is 31.2 Å². The zero-order chi connectivity index (χ0) is 17.3. The van der Waals surface area contributed by atoms with Gasteiger partial charge in [0.25, 0.3) is 0 Å². The third kappa shape index (κ3) is 5.27. The van der Waals surface area contributed by atoms with E-state index in [4.69, 9.17) is 9.47 Å². The molecule has 1 aromatic carbocycles. The number of hydrogen-bond donors (Lipinski definition) is 2. The molecule has 1 saturated heterocycles. The Morgan fingerprint density at radius 2 is 2.08 bits per heavy atom. The van der Waals surface area contributed by atoms with Crippen LogP contribution in [0.4, 0.5) is 17.5 Å². The van der Waals surface area contributed by atoms with Crippen LogP contribution in [0.3, 0.4) is 0 Å². The van der Waals surface area contributed by atoms with Gasteiger partial charge in [0.1, 0.15) is 5.75 Å². The number of aromatic nitrogens is 3. The lowest BCUT2D eigenvalue weighted by Gasteiger charge is -2.26. The molecule has 3 rings (SSSR count). The Morgan fingerprint density at radius 1 is 1.24 bits per heavy atom. The lowest BCUT2D eigenvalue weighted by atomic mass is 10.3. The van der Waals surface area contributed by atoms with Crippen LogP contribution < -0.4 is 15.4 Å². The van der Waals surface area contributed by atoms with E-state index in [0.29, 0.717) is 18.4 Å². The lowest BCUT2D eigenvalue weighted by molar-refractivity contribution is 0.0398. The standard InChI is InChI=1S/C17H24N6O2/c1-2-25-15-6-4-3-5-14(15)20-17-21-16(13-19-22-17)18-7-8-23-9-11-24-12-10-23/h3-6,13H,2,7-12H2,1H3,(H2,18,20,21,22). The van der Waals surface area contributed by atoms with Gasteiger partial charge in [0.15, 0.2) is 5.82 Å². The van der Waals surface area contributed by atoms with Crippen molar-refractivity contribution in [2.45, 2.75) is 6.92 Å². The summed E-state index contributed by atoms with van der Waals surface area (Å²) in [6.45, 7) is 7.87. The number of nitrogens with one attached hydrogen (secondary N) is 2. The maximum absolute atomic E-state index is 5.60. The number of rotatable bonds is 8. The van der Waals surface area contributed by atoms with E-state index in [0.717, 1.165) is 50.8 Å². The minimum absolute atomic E-state index is 0.434. The van der Waals surface area contributed by atoms with Crippen molar-refractivity contribution in [2.24, 2.45) is 0 Å². The van der Waals surface area contributed by atoms with Crippen LogP contribution in [0.25, 0.3) is 0 Å². The number of nitrogens with zero attached hydrogens (tertiary/aromatic N) is 4. The van der Waals surface area contributed by atoms with E-state index in [9.17, 15) is 0 Å². The third-order valence-corrected chi connectivity index (χ3v) is 3.83. The molecule has 25 heavy (non-hydrogen) atoms. The molecule has 0 aliphatic carbocycles. The van der Waals surface area contributed by atoms with Crippen LogP contribution in [0.2, 0.25) is 0 Å². The quantitative estimate of drug-likeness (QED) is 0.749. The topological polar surface area (TPSA) is 84.4 Å². The van der Waals surface area contributed by atoms with Gasteiger partial charge in [-0.3, -0.25) is 4.90 Å². The summed E-state index contributed by atoms with van der Waals surface area (Å²) in [5, 5.41) is 14.5. The van der Waals surface area contributed by atoms with E-state index < -0.39 is 0 Å². The summed E-state index contributed by atoms with van der Waals surface area (Å²) in [5.74, 6) is 1.89. The zero-order valence-electron chi connectivity index (χ0n) is 14.4. The van der Waals surface area contributed by atoms with Gasteiger partial charge in [-0.2, -0.15) is 10.1 Å². The Labute approximate surface area is 147 Å². The summed E-state index contributed by atoms with van der Waals surface area (Å²) >= 11 is 0. The number of para-hydroxylation sites is 2. The Morgan fingerprint density at radius 3 is 2.92 bits per heavy atom. The van der Waals surface area contributed by atoms with E-state index >= 15 is 0 Å². The van der Waals surface area contributed by atoms with Gasteiger partial charge in [-0.25, -0.2) is 0 Å². The van der Waals surface area contributed by atoms with Crippen molar-refractivity contribution >= 4 is 17.5 Å². The zero-order valence-corrected chi connectivity index (χ0v) is 14.4.